The fourth-order valence-corrected chi connectivity index (χ4v) is 3.67. The van der Waals surface area contributed by atoms with E-state index < -0.39 is 0 Å². The highest BCUT2D eigenvalue weighted by Crippen LogP contribution is 2.24. The first-order valence-electron chi connectivity index (χ1n) is 8.83. The zero-order valence-corrected chi connectivity index (χ0v) is 14.1. The molecular weight excluding hydrogens is 280 g/mol. The van der Waals surface area contributed by atoms with Gasteiger partial charge in [0.25, 0.3) is 0 Å². The molecule has 2 nitrogen and oxygen atoms in total. The Kier molecular flexibility index (Phi) is 5.35. The van der Waals surface area contributed by atoms with Crippen LogP contribution in [0.3, 0.4) is 0 Å². The average molecular weight is 308 g/mol. The van der Waals surface area contributed by atoms with Crippen LogP contribution in [-0.4, -0.2) is 24.0 Å². The van der Waals surface area contributed by atoms with Crippen molar-refractivity contribution in [3.63, 3.8) is 0 Å². The summed E-state index contributed by atoms with van der Waals surface area (Å²) in [5.41, 5.74) is 9.49. The van der Waals surface area contributed by atoms with Gasteiger partial charge in [0, 0.05) is 11.7 Å². The molecule has 2 N–H and O–H groups in total. The van der Waals surface area contributed by atoms with Gasteiger partial charge in [-0.25, -0.2) is 0 Å². The van der Waals surface area contributed by atoms with Gasteiger partial charge in [-0.05, 0) is 74.9 Å². The van der Waals surface area contributed by atoms with E-state index in [1.165, 1.54) is 43.5 Å². The number of hydrogen-bond donors (Lipinski definition) is 1. The fourth-order valence-electron chi connectivity index (χ4n) is 3.67. The normalized spacial score (nSPS) is 18.0. The lowest BCUT2D eigenvalue weighted by Crippen LogP contribution is -2.41. The van der Waals surface area contributed by atoms with E-state index in [0.717, 1.165) is 18.0 Å². The third-order valence-corrected chi connectivity index (χ3v) is 5.15. The topological polar surface area (TPSA) is 29.3 Å². The molecule has 2 heteroatoms. The molecule has 3 rings (SSSR count). The predicted octanol–water partition coefficient (Wildman–Crippen LogP) is 4.15. The number of piperidine rings is 1. The molecule has 2 aromatic rings. The number of likely N-dealkylation sites (tertiary alicyclic amines) is 1. The second-order valence-corrected chi connectivity index (χ2v) is 6.96. The van der Waals surface area contributed by atoms with Crippen LogP contribution in [0.15, 0.2) is 54.6 Å². The number of nitrogen functional groups attached to an aromatic ring is 1. The Morgan fingerprint density at radius 3 is 2.26 bits per heavy atom. The molecule has 0 bridgehead atoms. The number of nitrogens with two attached hydrogens (primary N) is 1. The molecule has 1 atom stereocenters. The van der Waals surface area contributed by atoms with E-state index >= 15 is 0 Å². The highest BCUT2D eigenvalue weighted by Gasteiger charge is 2.22. The first-order valence-corrected chi connectivity index (χ1v) is 8.83. The smallest absolute Gasteiger partial charge is 0.0314 e. The van der Waals surface area contributed by atoms with Gasteiger partial charge in [0.05, 0.1) is 0 Å². The second-order valence-electron chi connectivity index (χ2n) is 6.96. The number of nitrogens with zero attached hydrogens (tertiary/aromatic N) is 1. The van der Waals surface area contributed by atoms with E-state index in [4.69, 9.17) is 5.73 Å². The number of hydrogen-bond acceptors (Lipinski definition) is 2. The molecule has 0 saturated carbocycles. The summed E-state index contributed by atoms with van der Waals surface area (Å²) in [6, 6.07) is 19.9. The Hall–Kier alpha value is -1.80. The summed E-state index contributed by atoms with van der Waals surface area (Å²) >= 11 is 0. The molecule has 0 radical (unpaired) electrons. The van der Waals surface area contributed by atoms with Gasteiger partial charge >= 0.3 is 0 Å². The Morgan fingerprint density at radius 1 is 0.957 bits per heavy atom. The molecule has 1 fully saturated rings. The fraction of sp³-hybridized carbons (Fsp3) is 0.429. The van der Waals surface area contributed by atoms with Crippen molar-refractivity contribution in [3.05, 3.63) is 65.7 Å². The molecule has 1 aliphatic rings. The summed E-state index contributed by atoms with van der Waals surface area (Å²) in [4.78, 5) is 2.65. The van der Waals surface area contributed by atoms with Crippen LogP contribution < -0.4 is 5.73 Å². The number of anilines is 1. The second kappa shape index (κ2) is 7.65. The molecule has 1 aliphatic heterocycles. The van der Waals surface area contributed by atoms with Crippen molar-refractivity contribution in [3.8, 4) is 0 Å². The zero-order valence-electron chi connectivity index (χ0n) is 14.1. The summed E-state index contributed by atoms with van der Waals surface area (Å²) < 4.78 is 0. The predicted molar refractivity (Wildman–Crippen MR) is 98.5 cm³/mol. The minimum atomic E-state index is 0.608. The number of benzene rings is 2. The zero-order chi connectivity index (χ0) is 16.1. The maximum atomic E-state index is 5.77. The highest BCUT2D eigenvalue weighted by atomic mass is 15.2. The average Bonchev–Trinajstić information content (AvgIpc) is 2.58. The first-order chi connectivity index (χ1) is 11.2. The summed E-state index contributed by atoms with van der Waals surface area (Å²) in [7, 11) is 0. The van der Waals surface area contributed by atoms with Crippen LogP contribution >= 0.6 is 0 Å². The first kappa shape index (κ1) is 16.1. The Balaban J connectivity index is 1.47. The molecule has 0 aromatic heterocycles. The molecule has 1 saturated heterocycles. The van der Waals surface area contributed by atoms with Gasteiger partial charge in [-0.2, -0.15) is 0 Å². The Bertz CT molecular complexity index is 583. The van der Waals surface area contributed by atoms with Gasteiger partial charge in [0.1, 0.15) is 0 Å². The van der Waals surface area contributed by atoms with Crippen molar-refractivity contribution >= 4 is 5.69 Å². The van der Waals surface area contributed by atoms with E-state index in [1.54, 1.807) is 0 Å². The van der Waals surface area contributed by atoms with E-state index in [0.29, 0.717) is 6.04 Å². The monoisotopic (exact) mass is 308 g/mol. The maximum Gasteiger partial charge on any atom is 0.0314 e. The summed E-state index contributed by atoms with van der Waals surface area (Å²) in [5, 5.41) is 0. The summed E-state index contributed by atoms with van der Waals surface area (Å²) in [6.07, 6.45) is 4.99. The third-order valence-electron chi connectivity index (χ3n) is 5.15. The van der Waals surface area contributed by atoms with Crippen molar-refractivity contribution in [1.82, 2.24) is 4.90 Å². The standard InChI is InChI=1S/C21H28N2/c1-17(15-19-7-9-21(22)10-8-19)23-13-11-20(12-14-23)16-18-5-3-2-4-6-18/h2-10,17,20H,11-16,22H2,1H3. The van der Waals surface area contributed by atoms with Crippen molar-refractivity contribution in [2.75, 3.05) is 18.8 Å². The molecular formula is C21H28N2. The van der Waals surface area contributed by atoms with Gasteiger partial charge < -0.3 is 10.6 Å². The van der Waals surface area contributed by atoms with Crippen LogP contribution in [0.25, 0.3) is 0 Å². The largest absolute Gasteiger partial charge is 0.399 e. The molecule has 23 heavy (non-hydrogen) atoms. The van der Waals surface area contributed by atoms with Gasteiger partial charge in [-0.1, -0.05) is 42.5 Å². The van der Waals surface area contributed by atoms with Gasteiger partial charge in [-0.3, -0.25) is 0 Å². The summed E-state index contributed by atoms with van der Waals surface area (Å²) in [5.74, 6) is 0.845. The van der Waals surface area contributed by atoms with Crippen LogP contribution in [0.1, 0.15) is 30.9 Å². The van der Waals surface area contributed by atoms with Crippen molar-refractivity contribution in [2.24, 2.45) is 5.92 Å². The Labute approximate surface area is 140 Å². The van der Waals surface area contributed by atoms with Crippen molar-refractivity contribution < 1.29 is 0 Å². The van der Waals surface area contributed by atoms with Crippen molar-refractivity contribution in [2.45, 2.75) is 38.6 Å². The lowest BCUT2D eigenvalue weighted by molar-refractivity contribution is 0.140. The lowest BCUT2D eigenvalue weighted by atomic mass is 9.89. The van der Waals surface area contributed by atoms with Gasteiger partial charge in [-0.15, -0.1) is 0 Å². The lowest BCUT2D eigenvalue weighted by Gasteiger charge is -2.36. The van der Waals surface area contributed by atoms with E-state index in [1.807, 2.05) is 12.1 Å². The SMILES string of the molecule is CC(Cc1ccc(N)cc1)N1CCC(Cc2ccccc2)CC1. The van der Waals surface area contributed by atoms with Crippen molar-refractivity contribution in [1.29, 1.82) is 0 Å². The molecule has 1 unspecified atom stereocenters. The third kappa shape index (κ3) is 4.59. The summed E-state index contributed by atoms with van der Waals surface area (Å²) in [6.45, 7) is 4.81. The van der Waals surface area contributed by atoms with Gasteiger partial charge in [0.15, 0.2) is 0 Å². The molecule has 122 valence electrons. The van der Waals surface area contributed by atoms with Gasteiger partial charge in [0.2, 0.25) is 0 Å². The maximum absolute atomic E-state index is 5.77. The van der Waals surface area contributed by atoms with Crippen LogP contribution in [0.4, 0.5) is 5.69 Å². The van der Waals surface area contributed by atoms with E-state index in [-0.39, 0.29) is 0 Å². The molecule has 0 aliphatic carbocycles. The van der Waals surface area contributed by atoms with Crippen LogP contribution in [0, 0.1) is 5.92 Å². The Morgan fingerprint density at radius 2 is 1.61 bits per heavy atom. The molecule has 0 amide bonds. The molecule has 1 heterocycles. The molecule has 2 aromatic carbocycles. The minimum absolute atomic E-state index is 0.608. The van der Waals surface area contributed by atoms with Crippen LogP contribution in [0.5, 0.6) is 0 Å². The van der Waals surface area contributed by atoms with E-state index in [2.05, 4.69) is 54.3 Å². The number of rotatable bonds is 5. The quantitative estimate of drug-likeness (QED) is 0.841. The van der Waals surface area contributed by atoms with Crippen LogP contribution in [0.2, 0.25) is 0 Å². The van der Waals surface area contributed by atoms with E-state index in [9.17, 15) is 0 Å². The minimum Gasteiger partial charge on any atom is -0.399 e. The highest BCUT2D eigenvalue weighted by molar-refractivity contribution is 5.39. The van der Waals surface area contributed by atoms with Crippen LogP contribution in [-0.2, 0) is 12.8 Å². The molecule has 0 spiro atoms.